The van der Waals surface area contributed by atoms with Crippen molar-refractivity contribution >= 4 is 28.8 Å². The fourth-order valence-corrected chi connectivity index (χ4v) is 2.14. The molecule has 0 spiro atoms. The van der Waals surface area contributed by atoms with Gasteiger partial charge in [0.15, 0.2) is 0 Å². The van der Waals surface area contributed by atoms with Crippen molar-refractivity contribution < 1.29 is 4.79 Å². The molecule has 0 unspecified atom stereocenters. The number of hydrogen-bond donors (Lipinski definition) is 2. The molecular weight excluding hydrogens is 280 g/mol. The Balaban J connectivity index is 1.95. The predicted molar refractivity (Wildman–Crippen MR) is 90.5 cm³/mol. The predicted octanol–water partition coefficient (Wildman–Crippen LogP) is 3.06. The first-order valence-electron chi connectivity index (χ1n) is 6.86. The summed E-state index contributed by atoms with van der Waals surface area (Å²) in [4.78, 5) is 12.4. The zero-order valence-corrected chi connectivity index (χ0v) is 12.7. The molecule has 0 bridgehead atoms. The summed E-state index contributed by atoms with van der Waals surface area (Å²) >= 11 is 4.90. The number of aryl methyl sites for hydroxylation is 1. The van der Waals surface area contributed by atoms with Gasteiger partial charge in [-0.15, -0.1) is 0 Å². The average molecular weight is 298 g/mol. The molecule has 0 saturated carbocycles. The Morgan fingerprint density at radius 1 is 1.05 bits per heavy atom. The first kappa shape index (κ1) is 15.2. The van der Waals surface area contributed by atoms with Crippen molar-refractivity contribution in [2.45, 2.75) is 19.8 Å². The van der Waals surface area contributed by atoms with Crippen LogP contribution in [0.2, 0.25) is 0 Å². The first-order valence-corrected chi connectivity index (χ1v) is 7.27. The number of benzene rings is 2. The van der Waals surface area contributed by atoms with Crippen molar-refractivity contribution in [3.8, 4) is 0 Å². The highest BCUT2D eigenvalue weighted by atomic mass is 32.1. The lowest BCUT2D eigenvalue weighted by Crippen LogP contribution is -2.14. The highest BCUT2D eigenvalue weighted by molar-refractivity contribution is 7.80. The number of nitrogens with two attached hydrogens (primary N) is 1. The van der Waals surface area contributed by atoms with E-state index in [-0.39, 0.29) is 5.91 Å². The minimum atomic E-state index is -0.0395. The van der Waals surface area contributed by atoms with Crippen LogP contribution in [0.5, 0.6) is 0 Å². The molecule has 3 N–H and O–H groups in total. The van der Waals surface area contributed by atoms with E-state index in [9.17, 15) is 4.79 Å². The molecule has 21 heavy (non-hydrogen) atoms. The molecule has 1 amide bonds. The van der Waals surface area contributed by atoms with E-state index in [0.29, 0.717) is 11.4 Å². The van der Waals surface area contributed by atoms with Crippen LogP contribution in [0.15, 0.2) is 48.5 Å². The lowest BCUT2D eigenvalue weighted by molar-refractivity contribution is -0.115. The molecule has 0 radical (unpaired) electrons. The van der Waals surface area contributed by atoms with E-state index in [1.165, 1.54) is 5.56 Å². The van der Waals surface area contributed by atoms with Gasteiger partial charge >= 0.3 is 0 Å². The van der Waals surface area contributed by atoms with Gasteiger partial charge in [-0.2, -0.15) is 0 Å². The molecule has 3 nitrogen and oxygen atoms in total. The summed E-state index contributed by atoms with van der Waals surface area (Å²) in [6.45, 7) is 2.10. The van der Waals surface area contributed by atoms with E-state index < -0.39 is 0 Å². The fraction of sp³-hybridized carbons (Fsp3) is 0.176. The zero-order chi connectivity index (χ0) is 15.2. The Morgan fingerprint density at radius 3 is 2.14 bits per heavy atom. The molecule has 0 fully saturated rings. The third-order valence-corrected chi connectivity index (χ3v) is 3.48. The number of nitrogens with one attached hydrogen (secondary N) is 1. The molecular formula is C17H18N2OS. The number of rotatable bonds is 5. The van der Waals surface area contributed by atoms with Crippen LogP contribution in [0.25, 0.3) is 0 Å². The smallest absolute Gasteiger partial charge is 0.228 e. The molecule has 2 aromatic carbocycles. The van der Waals surface area contributed by atoms with Crippen molar-refractivity contribution in [3.05, 3.63) is 65.2 Å². The Morgan fingerprint density at radius 2 is 1.62 bits per heavy atom. The van der Waals surface area contributed by atoms with E-state index in [2.05, 4.69) is 12.2 Å². The molecule has 0 aliphatic heterocycles. The van der Waals surface area contributed by atoms with Gasteiger partial charge in [0.2, 0.25) is 5.91 Å². The first-order chi connectivity index (χ1) is 10.1. The number of carbonyl (C=O) groups excluding carboxylic acids is 1. The summed E-state index contributed by atoms with van der Waals surface area (Å²) in [6.07, 6.45) is 1.32. The van der Waals surface area contributed by atoms with Crippen LogP contribution in [-0.2, 0) is 17.6 Å². The summed E-state index contributed by atoms with van der Waals surface area (Å²) in [5, 5.41) is 2.89. The standard InChI is InChI=1S/C17H18N2OS/c1-2-12-5-9-15(10-6-12)19-16(20)11-13-3-7-14(8-4-13)17(18)21/h3-10H,2,11H2,1H3,(H2,18,21)(H,19,20). The quantitative estimate of drug-likeness (QED) is 0.834. The van der Waals surface area contributed by atoms with Crippen molar-refractivity contribution in [1.29, 1.82) is 0 Å². The summed E-state index contributed by atoms with van der Waals surface area (Å²) in [6, 6.07) is 15.3. The zero-order valence-electron chi connectivity index (χ0n) is 11.9. The molecule has 0 heterocycles. The van der Waals surface area contributed by atoms with Gasteiger partial charge < -0.3 is 11.1 Å². The average Bonchev–Trinajstić information content (AvgIpc) is 2.48. The maximum Gasteiger partial charge on any atom is 0.228 e. The van der Waals surface area contributed by atoms with Crippen LogP contribution < -0.4 is 11.1 Å². The molecule has 0 saturated heterocycles. The van der Waals surface area contributed by atoms with Crippen LogP contribution in [0.4, 0.5) is 5.69 Å². The molecule has 108 valence electrons. The van der Waals surface area contributed by atoms with Crippen molar-refractivity contribution in [3.63, 3.8) is 0 Å². The maximum atomic E-state index is 12.0. The van der Waals surface area contributed by atoms with Gasteiger partial charge in [-0.25, -0.2) is 0 Å². The highest BCUT2D eigenvalue weighted by Crippen LogP contribution is 2.11. The minimum absolute atomic E-state index is 0.0395. The van der Waals surface area contributed by atoms with Crippen molar-refractivity contribution in [2.24, 2.45) is 5.73 Å². The fourth-order valence-electron chi connectivity index (χ4n) is 2.00. The van der Waals surface area contributed by atoms with Crippen LogP contribution >= 0.6 is 12.2 Å². The molecule has 0 atom stereocenters. The third-order valence-electron chi connectivity index (χ3n) is 3.25. The monoisotopic (exact) mass is 298 g/mol. The SMILES string of the molecule is CCc1ccc(NC(=O)Cc2ccc(C(N)=S)cc2)cc1. The largest absolute Gasteiger partial charge is 0.389 e. The van der Waals surface area contributed by atoms with E-state index >= 15 is 0 Å². The number of carbonyl (C=O) groups is 1. The van der Waals surface area contributed by atoms with Gasteiger partial charge in [-0.3, -0.25) is 4.79 Å². The Labute approximate surface area is 130 Å². The van der Waals surface area contributed by atoms with Crippen LogP contribution in [0.1, 0.15) is 23.6 Å². The second-order valence-corrected chi connectivity index (χ2v) is 5.28. The second kappa shape index (κ2) is 6.99. The van der Waals surface area contributed by atoms with Crippen LogP contribution in [0.3, 0.4) is 0 Å². The van der Waals surface area contributed by atoms with Crippen molar-refractivity contribution in [1.82, 2.24) is 0 Å². The molecule has 2 aromatic rings. The second-order valence-electron chi connectivity index (χ2n) is 4.84. The van der Waals surface area contributed by atoms with Crippen LogP contribution in [-0.4, -0.2) is 10.9 Å². The molecule has 0 aromatic heterocycles. The number of thiocarbonyl (C=S) groups is 1. The van der Waals surface area contributed by atoms with Gasteiger partial charge in [0.1, 0.15) is 4.99 Å². The molecule has 0 aliphatic rings. The van der Waals surface area contributed by atoms with Gasteiger partial charge in [0, 0.05) is 11.3 Å². The summed E-state index contributed by atoms with van der Waals surface area (Å²) in [7, 11) is 0. The highest BCUT2D eigenvalue weighted by Gasteiger charge is 2.05. The molecule has 4 heteroatoms. The lowest BCUT2D eigenvalue weighted by atomic mass is 10.1. The van der Waals surface area contributed by atoms with Gasteiger partial charge in [0.05, 0.1) is 6.42 Å². The van der Waals surface area contributed by atoms with E-state index in [4.69, 9.17) is 18.0 Å². The van der Waals surface area contributed by atoms with E-state index in [0.717, 1.165) is 23.2 Å². The molecule has 0 aliphatic carbocycles. The number of anilines is 1. The van der Waals surface area contributed by atoms with E-state index in [1.54, 1.807) is 0 Å². The summed E-state index contributed by atoms with van der Waals surface area (Å²) < 4.78 is 0. The Hall–Kier alpha value is -2.20. The van der Waals surface area contributed by atoms with Crippen molar-refractivity contribution in [2.75, 3.05) is 5.32 Å². The number of amides is 1. The summed E-state index contributed by atoms with van der Waals surface area (Å²) in [5.41, 5.74) is 9.35. The maximum absolute atomic E-state index is 12.0. The molecule has 2 rings (SSSR count). The normalized spacial score (nSPS) is 10.1. The minimum Gasteiger partial charge on any atom is -0.389 e. The van der Waals surface area contributed by atoms with Gasteiger partial charge in [-0.1, -0.05) is 55.5 Å². The van der Waals surface area contributed by atoms with Gasteiger partial charge in [0.25, 0.3) is 0 Å². The van der Waals surface area contributed by atoms with Gasteiger partial charge in [-0.05, 0) is 29.7 Å². The Bertz CT molecular complexity index is 633. The summed E-state index contributed by atoms with van der Waals surface area (Å²) in [5.74, 6) is -0.0395. The number of hydrogen-bond acceptors (Lipinski definition) is 2. The van der Waals surface area contributed by atoms with E-state index in [1.807, 2.05) is 48.5 Å². The Kier molecular flexibility index (Phi) is 5.06. The lowest BCUT2D eigenvalue weighted by Gasteiger charge is -2.07. The third kappa shape index (κ3) is 4.39. The topological polar surface area (TPSA) is 55.1 Å². The van der Waals surface area contributed by atoms with Crippen LogP contribution in [0, 0.1) is 0 Å².